The van der Waals surface area contributed by atoms with E-state index in [1.807, 2.05) is 31.2 Å². The fraction of sp³-hybridized carbons (Fsp3) is 0.350. The number of hydrogen-bond acceptors (Lipinski definition) is 4. The van der Waals surface area contributed by atoms with Crippen LogP contribution in [0.25, 0.3) is 0 Å². The van der Waals surface area contributed by atoms with Gasteiger partial charge in [-0.1, -0.05) is 24.3 Å². The second kappa shape index (κ2) is 8.10. The lowest BCUT2D eigenvalue weighted by atomic mass is 10.1. The van der Waals surface area contributed by atoms with Gasteiger partial charge in [0, 0.05) is 26.2 Å². The highest BCUT2D eigenvalue weighted by Crippen LogP contribution is 2.21. The van der Waals surface area contributed by atoms with Crippen LogP contribution in [0, 0.1) is 6.92 Å². The Labute approximate surface area is 160 Å². The Hall–Kier alpha value is -2.38. The van der Waals surface area contributed by atoms with Gasteiger partial charge in [0.05, 0.1) is 18.4 Å². The van der Waals surface area contributed by atoms with Crippen molar-refractivity contribution in [2.75, 3.05) is 33.3 Å². The molecule has 1 saturated heterocycles. The third-order valence-electron chi connectivity index (χ3n) is 4.89. The van der Waals surface area contributed by atoms with Gasteiger partial charge in [-0.05, 0) is 42.3 Å². The molecule has 27 heavy (non-hydrogen) atoms. The number of amides is 1. The Morgan fingerprint density at radius 3 is 2.22 bits per heavy atom. The fourth-order valence-corrected chi connectivity index (χ4v) is 4.58. The lowest BCUT2D eigenvalue weighted by Crippen LogP contribution is -2.50. The van der Waals surface area contributed by atoms with Crippen LogP contribution in [0.3, 0.4) is 0 Å². The van der Waals surface area contributed by atoms with Crippen molar-refractivity contribution in [2.45, 2.75) is 18.2 Å². The lowest BCUT2D eigenvalue weighted by Gasteiger charge is -2.34. The average molecular weight is 388 g/mol. The molecule has 2 aromatic rings. The number of sulfonamides is 1. The fourth-order valence-electron chi connectivity index (χ4n) is 3.16. The molecule has 0 aromatic heterocycles. The van der Waals surface area contributed by atoms with E-state index in [0.29, 0.717) is 38.3 Å². The molecule has 0 unspecified atom stereocenters. The maximum absolute atomic E-state index is 12.8. The first-order chi connectivity index (χ1) is 12.9. The van der Waals surface area contributed by atoms with Gasteiger partial charge in [-0.2, -0.15) is 4.31 Å². The van der Waals surface area contributed by atoms with Gasteiger partial charge in [-0.3, -0.25) is 4.79 Å². The third kappa shape index (κ3) is 4.31. The first-order valence-electron chi connectivity index (χ1n) is 8.88. The number of methoxy groups -OCH3 is 1. The average Bonchev–Trinajstić information content (AvgIpc) is 2.70. The topological polar surface area (TPSA) is 66.9 Å². The van der Waals surface area contributed by atoms with Crippen LogP contribution in [0.1, 0.15) is 11.1 Å². The molecule has 1 fully saturated rings. The van der Waals surface area contributed by atoms with Crippen LogP contribution in [0.5, 0.6) is 5.75 Å². The van der Waals surface area contributed by atoms with Crippen molar-refractivity contribution in [1.29, 1.82) is 0 Å². The molecule has 6 nitrogen and oxygen atoms in total. The molecule has 1 aliphatic heterocycles. The predicted octanol–water partition coefficient (Wildman–Crippen LogP) is 2.08. The zero-order valence-corrected chi connectivity index (χ0v) is 16.4. The molecular formula is C20H24N2O4S. The molecule has 0 radical (unpaired) electrons. The van der Waals surface area contributed by atoms with Gasteiger partial charge in [0.2, 0.25) is 15.9 Å². The molecule has 0 aliphatic carbocycles. The Bertz CT molecular complexity index is 902. The van der Waals surface area contributed by atoms with E-state index in [9.17, 15) is 13.2 Å². The van der Waals surface area contributed by atoms with E-state index in [-0.39, 0.29) is 10.8 Å². The lowest BCUT2D eigenvalue weighted by molar-refractivity contribution is -0.131. The van der Waals surface area contributed by atoms with Crippen LogP contribution in [0.15, 0.2) is 53.4 Å². The van der Waals surface area contributed by atoms with Crippen molar-refractivity contribution in [3.63, 3.8) is 0 Å². The van der Waals surface area contributed by atoms with Gasteiger partial charge < -0.3 is 9.64 Å². The van der Waals surface area contributed by atoms with E-state index in [1.165, 1.54) is 11.4 Å². The smallest absolute Gasteiger partial charge is 0.243 e. The number of hydrogen-bond donors (Lipinski definition) is 0. The predicted molar refractivity (Wildman–Crippen MR) is 103 cm³/mol. The van der Waals surface area contributed by atoms with E-state index < -0.39 is 10.0 Å². The molecule has 0 atom stereocenters. The minimum Gasteiger partial charge on any atom is -0.497 e. The van der Waals surface area contributed by atoms with Crippen LogP contribution in [-0.4, -0.2) is 56.8 Å². The number of aryl methyl sites for hydroxylation is 1. The van der Waals surface area contributed by atoms with Crippen LogP contribution in [0.4, 0.5) is 0 Å². The summed E-state index contributed by atoms with van der Waals surface area (Å²) in [5, 5.41) is 0. The highest BCUT2D eigenvalue weighted by atomic mass is 32.2. The molecule has 0 bridgehead atoms. The summed E-state index contributed by atoms with van der Waals surface area (Å²) in [5.41, 5.74) is 2.10. The first-order valence-corrected chi connectivity index (χ1v) is 10.3. The molecule has 2 aromatic carbocycles. The second-order valence-electron chi connectivity index (χ2n) is 6.56. The van der Waals surface area contributed by atoms with Crippen molar-refractivity contribution in [3.8, 4) is 5.75 Å². The van der Waals surface area contributed by atoms with Crippen LogP contribution < -0.4 is 4.74 Å². The Kier molecular flexibility index (Phi) is 5.82. The first kappa shape index (κ1) is 19.4. The number of carbonyl (C=O) groups is 1. The number of rotatable bonds is 5. The summed E-state index contributed by atoms with van der Waals surface area (Å²) in [6.07, 6.45) is 0.345. The number of benzene rings is 2. The van der Waals surface area contributed by atoms with Gasteiger partial charge in [0.25, 0.3) is 0 Å². The molecule has 1 heterocycles. The van der Waals surface area contributed by atoms with E-state index in [1.54, 1.807) is 29.2 Å². The van der Waals surface area contributed by atoms with Crippen molar-refractivity contribution in [2.24, 2.45) is 0 Å². The molecule has 0 spiro atoms. The summed E-state index contributed by atoms with van der Waals surface area (Å²) in [4.78, 5) is 14.5. The van der Waals surface area contributed by atoms with Gasteiger partial charge in [0.15, 0.2) is 0 Å². The minimum absolute atomic E-state index is 0.0331. The third-order valence-corrected chi connectivity index (χ3v) is 6.80. The number of ether oxygens (including phenoxy) is 1. The molecular weight excluding hydrogens is 364 g/mol. The van der Waals surface area contributed by atoms with Gasteiger partial charge in [-0.25, -0.2) is 8.42 Å². The van der Waals surface area contributed by atoms with Crippen LogP contribution in [-0.2, 0) is 21.2 Å². The largest absolute Gasteiger partial charge is 0.497 e. The minimum atomic E-state index is -3.56. The van der Waals surface area contributed by atoms with Crippen LogP contribution >= 0.6 is 0 Å². The Balaban J connectivity index is 1.62. The summed E-state index contributed by atoms with van der Waals surface area (Å²) in [5.74, 6) is 0.645. The van der Waals surface area contributed by atoms with Crippen molar-refractivity contribution in [1.82, 2.24) is 9.21 Å². The normalized spacial score (nSPS) is 15.6. The summed E-state index contributed by atoms with van der Waals surface area (Å²) in [7, 11) is -2.02. The second-order valence-corrected chi connectivity index (χ2v) is 8.50. The van der Waals surface area contributed by atoms with Crippen molar-refractivity contribution in [3.05, 3.63) is 59.7 Å². The zero-order valence-electron chi connectivity index (χ0n) is 15.6. The molecule has 0 saturated carbocycles. The molecule has 7 heteroatoms. The monoisotopic (exact) mass is 388 g/mol. The number of piperazine rings is 1. The van der Waals surface area contributed by atoms with Gasteiger partial charge in [0.1, 0.15) is 5.75 Å². The van der Waals surface area contributed by atoms with E-state index in [4.69, 9.17) is 4.74 Å². The van der Waals surface area contributed by atoms with E-state index in [2.05, 4.69) is 0 Å². The maximum Gasteiger partial charge on any atom is 0.243 e. The standard InChI is InChI=1S/C20H24N2O4S/c1-16-5-3-4-6-17(16)15-20(23)21-11-13-22(14-12-21)27(24,25)19-9-7-18(26-2)8-10-19/h3-10H,11-15H2,1-2H3. The molecule has 1 aliphatic rings. The highest BCUT2D eigenvalue weighted by molar-refractivity contribution is 7.89. The van der Waals surface area contributed by atoms with Crippen LogP contribution in [0.2, 0.25) is 0 Å². The highest BCUT2D eigenvalue weighted by Gasteiger charge is 2.30. The number of nitrogens with zero attached hydrogens (tertiary/aromatic N) is 2. The number of carbonyl (C=O) groups excluding carboxylic acids is 1. The Morgan fingerprint density at radius 2 is 1.63 bits per heavy atom. The quantitative estimate of drug-likeness (QED) is 0.787. The summed E-state index contributed by atoms with van der Waals surface area (Å²) < 4.78 is 32.1. The maximum atomic E-state index is 12.8. The van der Waals surface area contributed by atoms with Crippen molar-refractivity contribution < 1.29 is 17.9 Å². The van der Waals surface area contributed by atoms with E-state index in [0.717, 1.165) is 11.1 Å². The summed E-state index contributed by atoms with van der Waals surface area (Å²) in [6, 6.07) is 14.2. The summed E-state index contributed by atoms with van der Waals surface area (Å²) in [6.45, 7) is 3.39. The molecule has 1 amide bonds. The van der Waals surface area contributed by atoms with Gasteiger partial charge in [-0.15, -0.1) is 0 Å². The summed E-state index contributed by atoms with van der Waals surface area (Å²) >= 11 is 0. The van der Waals surface area contributed by atoms with Gasteiger partial charge >= 0.3 is 0 Å². The molecule has 3 rings (SSSR count). The SMILES string of the molecule is COc1ccc(S(=O)(=O)N2CCN(C(=O)Cc3ccccc3C)CC2)cc1. The zero-order chi connectivity index (χ0) is 19.4. The molecule has 0 N–H and O–H groups in total. The molecule has 144 valence electrons. The van der Waals surface area contributed by atoms with Crippen molar-refractivity contribution >= 4 is 15.9 Å². The van der Waals surface area contributed by atoms with E-state index >= 15 is 0 Å². The Morgan fingerprint density at radius 1 is 1.00 bits per heavy atom.